The predicted molar refractivity (Wildman–Crippen MR) is 33.7 cm³/mol. The Morgan fingerprint density at radius 3 is 2.75 bits per heavy atom. The molecule has 1 radical (unpaired) electrons. The lowest BCUT2D eigenvalue weighted by Gasteiger charge is -1.81. The van der Waals surface area contributed by atoms with E-state index in [0.29, 0.717) is 0 Å². The van der Waals surface area contributed by atoms with Crippen molar-refractivity contribution >= 4 is 0 Å². The van der Waals surface area contributed by atoms with Crippen molar-refractivity contribution in [2.24, 2.45) is 0 Å². The Labute approximate surface area is 49.2 Å². The first-order valence-electron chi connectivity index (χ1n) is 2.80. The molecule has 0 aromatic heterocycles. The average Bonchev–Trinajstić information content (AvgIpc) is 2.43. The van der Waals surface area contributed by atoms with Crippen LogP contribution in [0.5, 0.6) is 0 Å². The van der Waals surface area contributed by atoms with Crippen LogP contribution in [0.4, 0.5) is 0 Å². The Hall–Kier alpha value is -0.780. The summed E-state index contributed by atoms with van der Waals surface area (Å²) in [5.74, 6) is 0. The number of rotatable bonds is 0. The average molecular weight is 103 g/mol. The van der Waals surface area contributed by atoms with Crippen molar-refractivity contribution in [1.82, 2.24) is 0 Å². The smallest absolute Gasteiger partial charge is 0.00200 e. The van der Waals surface area contributed by atoms with Gasteiger partial charge in [0.2, 0.25) is 0 Å². The van der Waals surface area contributed by atoms with Crippen LogP contribution in [-0.4, -0.2) is 0 Å². The van der Waals surface area contributed by atoms with Crippen LogP contribution in [0.3, 0.4) is 0 Å². The monoisotopic (exact) mass is 103 g/mol. The standard InChI is InChI=1S/C8H7/c1-6-2-3-7-5-8(7)4-6/h2-4H,1,5H2. The van der Waals surface area contributed by atoms with Gasteiger partial charge < -0.3 is 0 Å². The van der Waals surface area contributed by atoms with Gasteiger partial charge in [-0.05, 0) is 30.0 Å². The summed E-state index contributed by atoms with van der Waals surface area (Å²) in [6.45, 7) is 3.81. The molecule has 39 valence electrons. The molecule has 8 heavy (non-hydrogen) atoms. The third-order valence-corrected chi connectivity index (χ3v) is 1.53. The molecule has 0 atom stereocenters. The van der Waals surface area contributed by atoms with E-state index in [-0.39, 0.29) is 0 Å². The van der Waals surface area contributed by atoms with Crippen LogP contribution in [-0.2, 0) is 6.42 Å². The summed E-state index contributed by atoms with van der Waals surface area (Å²) < 4.78 is 0. The topological polar surface area (TPSA) is 0 Å². The fourth-order valence-electron chi connectivity index (χ4n) is 0.950. The normalized spacial score (nSPS) is 13.1. The lowest BCUT2D eigenvalue weighted by molar-refractivity contribution is 1.60. The summed E-state index contributed by atoms with van der Waals surface area (Å²) in [6, 6.07) is 6.36. The van der Waals surface area contributed by atoms with Gasteiger partial charge in [-0.1, -0.05) is 18.2 Å². The summed E-state index contributed by atoms with van der Waals surface area (Å²) in [7, 11) is 0. The fourth-order valence-corrected chi connectivity index (χ4v) is 0.950. The van der Waals surface area contributed by atoms with Gasteiger partial charge in [0.1, 0.15) is 0 Å². The molecule has 0 fully saturated rings. The van der Waals surface area contributed by atoms with Gasteiger partial charge in [0.25, 0.3) is 0 Å². The summed E-state index contributed by atoms with van der Waals surface area (Å²) in [5.41, 5.74) is 4.12. The van der Waals surface area contributed by atoms with Crippen LogP contribution < -0.4 is 0 Å². The van der Waals surface area contributed by atoms with E-state index in [9.17, 15) is 0 Å². The van der Waals surface area contributed by atoms with E-state index in [1.165, 1.54) is 17.5 Å². The molecule has 0 saturated heterocycles. The van der Waals surface area contributed by atoms with E-state index in [4.69, 9.17) is 0 Å². The Balaban J connectivity index is 2.64. The molecule has 0 heterocycles. The molecule has 1 aliphatic rings. The molecular formula is C8H7. The summed E-state index contributed by atoms with van der Waals surface area (Å²) in [5, 5.41) is 0. The minimum absolute atomic E-state index is 1.14. The molecule has 0 N–H and O–H groups in total. The summed E-state index contributed by atoms with van der Waals surface area (Å²) in [4.78, 5) is 0. The van der Waals surface area contributed by atoms with Crippen molar-refractivity contribution in [1.29, 1.82) is 0 Å². The zero-order valence-electron chi connectivity index (χ0n) is 4.65. The number of hydrogen-bond acceptors (Lipinski definition) is 0. The van der Waals surface area contributed by atoms with Crippen molar-refractivity contribution in [3.8, 4) is 0 Å². The van der Waals surface area contributed by atoms with Crippen molar-refractivity contribution in [3.63, 3.8) is 0 Å². The highest BCUT2D eigenvalue weighted by Crippen LogP contribution is 2.27. The van der Waals surface area contributed by atoms with E-state index >= 15 is 0 Å². The first-order chi connectivity index (χ1) is 3.86. The van der Waals surface area contributed by atoms with Crippen LogP contribution in [0.15, 0.2) is 18.2 Å². The van der Waals surface area contributed by atoms with Crippen LogP contribution in [0.2, 0.25) is 0 Å². The molecule has 0 aliphatic heterocycles. The van der Waals surface area contributed by atoms with Gasteiger partial charge in [-0.2, -0.15) is 0 Å². The largest absolute Gasteiger partial charge is 0.0587 e. The molecule has 0 bridgehead atoms. The lowest BCUT2D eigenvalue weighted by Crippen LogP contribution is -1.63. The van der Waals surface area contributed by atoms with Crippen molar-refractivity contribution in [2.45, 2.75) is 6.42 Å². The molecule has 0 amide bonds. The third-order valence-electron chi connectivity index (χ3n) is 1.53. The van der Waals surface area contributed by atoms with Gasteiger partial charge in [-0.15, -0.1) is 0 Å². The second-order valence-corrected chi connectivity index (χ2v) is 2.28. The maximum absolute atomic E-state index is 3.81. The van der Waals surface area contributed by atoms with Gasteiger partial charge in [0, 0.05) is 0 Å². The molecule has 1 aromatic carbocycles. The van der Waals surface area contributed by atoms with E-state index in [0.717, 1.165) is 5.56 Å². The van der Waals surface area contributed by atoms with Crippen molar-refractivity contribution < 1.29 is 0 Å². The van der Waals surface area contributed by atoms with Gasteiger partial charge in [-0.3, -0.25) is 0 Å². The van der Waals surface area contributed by atoms with Crippen molar-refractivity contribution in [3.05, 3.63) is 41.8 Å². The number of benzene rings is 1. The van der Waals surface area contributed by atoms with Gasteiger partial charge in [0.15, 0.2) is 0 Å². The minimum Gasteiger partial charge on any atom is -0.0587 e. The van der Waals surface area contributed by atoms with Crippen LogP contribution >= 0.6 is 0 Å². The molecule has 1 aromatic rings. The zero-order valence-corrected chi connectivity index (χ0v) is 4.65. The van der Waals surface area contributed by atoms with Gasteiger partial charge in [0.05, 0.1) is 0 Å². The Bertz CT molecular complexity index is 223. The van der Waals surface area contributed by atoms with Gasteiger partial charge in [-0.25, -0.2) is 0 Å². The van der Waals surface area contributed by atoms with E-state index in [2.05, 4.69) is 25.1 Å². The highest BCUT2D eigenvalue weighted by molar-refractivity contribution is 5.47. The molecule has 1 aliphatic carbocycles. The molecule has 0 unspecified atom stereocenters. The maximum atomic E-state index is 3.81. The van der Waals surface area contributed by atoms with Crippen LogP contribution in [0.25, 0.3) is 0 Å². The second-order valence-electron chi connectivity index (χ2n) is 2.28. The summed E-state index contributed by atoms with van der Waals surface area (Å²) in [6.07, 6.45) is 1.20. The highest BCUT2D eigenvalue weighted by Gasteiger charge is 2.14. The molecular weight excluding hydrogens is 96.1 g/mol. The summed E-state index contributed by atoms with van der Waals surface area (Å²) >= 11 is 0. The third kappa shape index (κ3) is 0.460. The first kappa shape index (κ1) is 4.13. The van der Waals surface area contributed by atoms with Crippen LogP contribution in [0, 0.1) is 6.92 Å². The predicted octanol–water partition coefficient (Wildman–Crippen LogP) is 1.77. The highest BCUT2D eigenvalue weighted by atomic mass is 14.2. The molecule has 0 nitrogen and oxygen atoms in total. The Morgan fingerprint density at radius 1 is 1.25 bits per heavy atom. The quantitative estimate of drug-likeness (QED) is 0.476. The van der Waals surface area contributed by atoms with Crippen molar-refractivity contribution in [2.75, 3.05) is 0 Å². The molecule has 0 heteroatoms. The van der Waals surface area contributed by atoms with Gasteiger partial charge >= 0.3 is 0 Å². The SMILES string of the molecule is [CH2]c1ccc2c(c1)C2. The lowest BCUT2D eigenvalue weighted by atomic mass is 10.2. The molecule has 0 spiro atoms. The van der Waals surface area contributed by atoms with Crippen LogP contribution in [0.1, 0.15) is 16.7 Å². The van der Waals surface area contributed by atoms with E-state index in [1.807, 2.05) is 0 Å². The Morgan fingerprint density at radius 2 is 2.12 bits per heavy atom. The molecule has 0 saturated carbocycles. The zero-order chi connectivity index (χ0) is 5.56. The first-order valence-corrected chi connectivity index (χ1v) is 2.80. The van der Waals surface area contributed by atoms with E-state index in [1.54, 1.807) is 0 Å². The molecule has 2 rings (SSSR count). The Kier molecular flexibility index (Phi) is 0.587. The minimum atomic E-state index is 1.14. The second kappa shape index (κ2) is 1.13. The number of fused-ring (bicyclic) bond motifs is 1. The maximum Gasteiger partial charge on any atom is -0.00200 e. The van der Waals surface area contributed by atoms with E-state index < -0.39 is 0 Å². The fraction of sp³-hybridized carbons (Fsp3) is 0.125. The number of hydrogen-bond donors (Lipinski definition) is 0.